The van der Waals surface area contributed by atoms with Gasteiger partial charge in [0, 0.05) is 50.9 Å². The van der Waals surface area contributed by atoms with Gasteiger partial charge in [-0.2, -0.15) is 0 Å². The summed E-state index contributed by atoms with van der Waals surface area (Å²) in [6.45, 7) is 8.45. The Balaban J connectivity index is 1.79. The summed E-state index contributed by atoms with van der Waals surface area (Å²) in [6.07, 6.45) is 9.03. The topological polar surface area (TPSA) is 49.5 Å². The van der Waals surface area contributed by atoms with Crippen LogP contribution in [-0.4, -0.2) is 63.1 Å². The fourth-order valence-electron chi connectivity index (χ4n) is 3.96. The molecule has 1 aromatic rings. The van der Waals surface area contributed by atoms with Gasteiger partial charge in [0.25, 0.3) is 0 Å². The second-order valence-electron chi connectivity index (χ2n) is 8.24. The lowest BCUT2D eigenvalue weighted by molar-refractivity contribution is 0.181. The van der Waals surface area contributed by atoms with E-state index in [0.29, 0.717) is 12.5 Å². The third-order valence-electron chi connectivity index (χ3n) is 5.75. The van der Waals surface area contributed by atoms with Crippen molar-refractivity contribution in [2.45, 2.75) is 46.0 Å². The SMILES string of the molecule is CCC=NCCC=NCC1=C(C)CCc2ccccc2C(N(C)CC2CCOC2)=N1. The van der Waals surface area contributed by atoms with Crippen LogP contribution in [0.25, 0.3) is 0 Å². The maximum absolute atomic E-state index is 5.59. The predicted octanol–water partition coefficient (Wildman–Crippen LogP) is 4.56. The van der Waals surface area contributed by atoms with Gasteiger partial charge in [-0.3, -0.25) is 9.98 Å². The molecule has 162 valence electrons. The Morgan fingerprint density at radius 2 is 2.07 bits per heavy atom. The molecule has 0 spiro atoms. The minimum atomic E-state index is 0.575. The molecule has 2 aliphatic heterocycles. The quantitative estimate of drug-likeness (QED) is 0.467. The first kappa shape index (κ1) is 22.4. The van der Waals surface area contributed by atoms with E-state index in [1.165, 1.54) is 16.7 Å². The largest absolute Gasteiger partial charge is 0.381 e. The molecular formula is C25H36N4O. The number of benzene rings is 1. The monoisotopic (exact) mass is 408 g/mol. The molecule has 1 unspecified atom stereocenters. The molecule has 0 N–H and O–H groups in total. The van der Waals surface area contributed by atoms with Crippen molar-refractivity contribution >= 4 is 18.3 Å². The van der Waals surface area contributed by atoms with Gasteiger partial charge in [-0.1, -0.05) is 31.2 Å². The molecule has 2 aliphatic rings. The molecular weight excluding hydrogens is 372 g/mol. The molecule has 5 heteroatoms. The molecule has 3 rings (SSSR count). The number of hydrogen-bond donors (Lipinski definition) is 0. The van der Waals surface area contributed by atoms with E-state index in [-0.39, 0.29) is 0 Å². The number of rotatable bonds is 8. The number of aryl methyl sites for hydroxylation is 1. The lowest BCUT2D eigenvalue weighted by atomic mass is 9.96. The van der Waals surface area contributed by atoms with Crippen LogP contribution >= 0.6 is 0 Å². The molecule has 1 saturated heterocycles. The van der Waals surface area contributed by atoms with E-state index in [0.717, 1.165) is 69.9 Å². The summed E-state index contributed by atoms with van der Waals surface area (Å²) in [5.74, 6) is 1.64. The minimum Gasteiger partial charge on any atom is -0.381 e. The van der Waals surface area contributed by atoms with Gasteiger partial charge in [-0.15, -0.1) is 0 Å². The Morgan fingerprint density at radius 1 is 1.20 bits per heavy atom. The van der Waals surface area contributed by atoms with Gasteiger partial charge in [-0.05, 0) is 50.0 Å². The van der Waals surface area contributed by atoms with Crippen LogP contribution in [0, 0.1) is 5.92 Å². The molecule has 1 aromatic carbocycles. The van der Waals surface area contributed by atoms with E-state index in [9.17, 15) is 0 Å². The Morgan fingerprint density at radius 3 is 2.87 bits per heavy atom. The Hall–Kier alpha value is -2.27. The van der Waals surface area contributed by atoms with Gasteiger partial charge in [0.1, 0.15) is 5.84 Å². The van der Waals surface area contributed by atoms with Crippen molar-refractivity contribution in [2.24, 2.45) is 20.9 Å². The van der Waals surface area contributed by atoms with E-state index in [1.54, 1.807) is 0 Å². The summed E-state index contributed by atoms with van der Waals surface area (Å²) < 4.78 is 5.59. The first-order valence-corrected chi connectivity index (χ1v) is 11.3. The number of hydrogen-bond acceptors (Lipinski definition) is 5. The maximum atomic E-state index is 5.59. The van der Waals surface area contributed by atoms with Crippen LogP contribution < -0.4 is 0 Å². The summed E-state index contributed by atoms with van der Waals surface area (Å²) >= 11 is 0. The maximum Gasteiger partial charge on any atom is 0.136 e. The molecule has 0 aliphatic carbocycles. The predicted molar refractivity (Wildman–Crippen MR) is 127 cm³/mol. The van der Waals surface area contributed by atoms with Crippen LogP contribution in [0.1, 0.15) is 50.7 Å². The van der Waals surface area contributed by atoms with Gasteiger partial charge in [0.2, 0.25) is 0 Å². The van der Waals surface area contributed by atoms with Crippen LogP contribution in [0.5, 0.6) is 0 Å². The number of ether oxygens (including phenoxy) is 1. The van der Waals surface area contributed by atoms with Crippen molar-refractivity contribution in [1.29, 1.82) is 0 Å². The average Bonchev–Trinajstić information content (AvgIpc) is 3.25. The van der Waals surface area contributed by atoms with Crippen LogP contribution in [0.2, 0.25) is 0 Å². The lowest BCUT2D eigenvalue weighted by Crippen LogP contribution is -2.34. The molecule has 0 bridgehead atoms. The van der Waals surface area contributed by atoms with E-state index in [4.69, 9.17) is 9.73 Å². The van der Waals surface area contributed by atoms with E-state index < -0.39 is 0 Å². The van der Waals surface area contributed by atoms with Crippen molar-refractivity contribution < 1.29 is 4.74 Å². The minimum absolute atomic E-state index is 0.575. The van der Waals surface area contributed by atoms with Crippen LogP contribution in [-0.2, 0) is 11.2 Å². The number of amidine groups is 1. The van der Waals surface area contributed by atoms with Gasteiger partial charge in [-0.25, -0.2) is 4.99 Å². The van der Waals surface area contributed by atoms with Gasteiger partial charge in [0.05, 0.1) is 18.8 Å². The Kier molecular flexibility index (Phi) is 8.81. The highest BCUT2D eigenvalue weighted by Crippen LogP contribution is 2.24. The first-order valence-electron chi connectivity index (χ1n) is 11.3. The fraction of sp³-hybridized carbons (Fsp3) is 0.560. The average molecular weight is 409 g/mol. The fourth-order valence-corrected chi connectivity index (χ4v) is 3.96. The third kappa shape index (κ3) is 6.36. The zero-order valence-electron chi connectivity index (χ0n) is 18.8. The lowest BCUT2D eigenvalue weighted by Gasteiger charge is -2.27. The summed E-state index contributed by atoms with van der Waals surface area (Å²) in [5, 5.41) is 0. The van der Waals surface area contributed by atoms with Crippen LogP contribution in [0.4, 0.5) is 0 Å². The van der Waals surface area contributed by atoms with Crippen molar-refractivity contribution in [2.75, 3.05) is 39.9 Å². The van der Waals surface area contributed by atoms with Gasteiger partial charge < -0.3 is 9.64 Å². The van der Waals surface area contributed by atoms with E-state index >= 15 is 0 Å². The Bertz CT molecular complexity index is 803. The Labute approximate surface area is 181 Å². The molecule has 0 aromatic heterocycles. The molecule has 2 heterocycles. The molecule has 30 heavy (non-hydrogen) atoms. The van der Waals surface area contributed by atoms with Crippen molar-refractivity contribution in [3.8, 4) is 0 Å². The van der Waals surface area contributed by atoms with E-state index in [1.807, 2.05) is 12.4 Å². The summed E-state index contributed by atoms with van der Waals surface area (Å²) in [4.78, 5) is 16.5. The molecule has 1 fully saturated rings. The summed E-state index contributed by atoms with van der Waals surface area (Å²) in [5.41, 5.74) is 5.06. The normalized spacial score (nSPS) is 19.8. The standard InChI is InChI=1S/C25H36N4O/c1-4-13-26-14-7-15-27-17-24-20(2)10-11-22-8-5-6-9-23(22)25(28-24)29(3)18-21-12-16-30-19-21/h5-6,8-9,13,15,21H,4,7,10-12,14,16-19H2,1-3H3. The molecule has 0 saturated carbocycles. The smallest absolute Gasteiger partial charge is 0.136 e. The zero-order valence-corrected chi connectivity index (χ0v) is 18.8. The molecule has 0 radical (unpaired) electrons. The second-order valence-corrected chi connectivity index (χ2v) is 8.24. The van der Waals surface area contributed by atoms with Crippen molar-refractivity contribution in [3.63, 3.8) is 0 Å². The van der Waals surface area contributed by atoms with Crippen LogP contribution in [0.3, 0.4) is 0 Å². The van der Waals surface area contributed by atoms with Crippen molar-refractivity contribution in [1.82, 2.24) is 4.90 Å². The van der Waals surface area contributed by atoms with E-state index in [2.05, 4.69) is 60.0 Å². The third-order valence-corrected chi connectivity index (χ3v) is 5.75. The highest BCUT2D eigenvalue weighted by molar-refractivity contribution is 6.00. The second kappa shape index (κ2) is 11.8. The highest BCUT2D eigenvalue weighted by atomic mass is 16.5. The van der Waals surface area contributed by atoms with Crippen molar-refractivity contribution in [3.05, 3.63) is 46.7 Å². The number of nitrogens with zero attached hydrogens (tertiary/aromatic N) is 4. The summed E-state index contributed by atoms with van der Waals surface area (Å²) in [7, 11) is 2.16. The molecule has 1 atom stereocenters. The first-order chi connectivity index (χ1) is 14.7. The molecule has 0 amide bonds. The van der Waals surface area contributed by atoms with Crippen LogP contribution in [0.15, 0.2) is 50.5 Å². The highest BCUT2D eigenvalue weighted by Gasteiger charge is 2.22. The van der Waals surface area contributed by atoms with Gasteiger partial charge in [0.15, 0.2) is 0 Å². The summed E-state index contributed by atoms with van der Waals surface area (Å²) in [6, 6.07) is 8.70. The number of aliphatic imine (C=N–C) groups is 3. The van der Waals surface area contributed by atoms with Gasteiger partial charge >= 0.3 is 0 Å². The molecule has 5 nitrogen and oxygen atoms in total. The number of allylic oxidation sites excluding steroid dienone is 1. The number of fused-ring (bicyclic) bond motifs is 1. The zero-order chi connectivity index (χ0) is 21.2.